The van der Waals surface area contributed by atoms with E-state index >= 15 is 0 Å². The summed E-state index contributed by atoms with van der Waals surface area (Å²) in [7, 11) is 2.68. The van der Waals surface area contributed by atoms with Crippen molar-refractivity contribution in [1.29, 1.82) is 0 Å². The van der Waals surface area contributed by atoms with Crippen molar-refractivity contribution < 1.29 is 19.1 Å². The number of amides is 1. The third kappa shape index (κ3) is 5.62. The summed E-state index contributed by atoms with van der Waals surface area (Å²) >= 11 is 0. The molecule has 9 nitrogen and oxygen atoms in total. The van der Waals surface area contributed by atoms with Crippen LogP contribution in [0.3, 0.4) is 0 Å². The zero-order valence-corrected chi connectivity index (χ0v) is 18.3. The standard InChI is InChI=1S/C22H29N5O4/c1-13-8-7-9-15(12-13)24-19-18(20(28)30-3)14(2)23-21(27-19)25-16-10-5-6-11-17(16)26-22(29)31-4/h7-9,12,16-17H,5-6,10-11H2,1-4H3,(H,26,29)(H2,23,24,25,27)/t16-,17+/m1/s1. The molecule has 1 aliphatic rings. The lowest BCUT2D eigenvalue weighted by molar-refractivity contribution is 0.0600. The Balaban J connectivity index is 1.90. The van der Waals surface area contributed by atoms with Gasteiger partial charge in [0.2, 0.25) is 5.95 Å². The molecule has 3 N–H and O–H groups in total. The van der Waals surface area contributed by atoms with Crippen LogP contribution in [-0.4, -0.2) is 48.3 Å². The quantitative estimate of drug-likeness (QED) is 0.598. The van der Waals surface area contributed by atoms with E-state index in [0.717, 1.165) is 36.9 Å². The number of aryl methyl sites for hydroxylation is 2. The van der Waals surface area contributed by atoms with E-state index in [1.807, 2.05) is 31.2 Å². The molecule has 1 aromatic carbocycles. The van der Waals surface area contributed by atoms with E-state index in [0.29, 0.717) is 17.5 Å². The zero-order valence-electron chi connectivity index (χ0n) is 18.3. The predicted molar refractivity (Wildman–Crippen MR) is 118 cm³/mol. The van der Waals surface area contributed by atoms with Crippen molar-refractivity contribution in [2.75, 3.05) is 24.9 Å². The number of ether oxygens (including phenoxy) is 2. The molecule has 2 atom stereocenters. The van der Waals surface area contributed by atoms with E-state index < -0.39 is 12.1 Å². The van der Waals surface area contributed by atoms with Crippen LogP contribution in [0.4, 0.5) is 22.2 Å². The number of carbonyl (C=O) groups excluding carboxylic acids is 2. The van der Waals surface area contributed by atoms with Crippen LogP contribution in [-0.2, 0) is 9.47 Å². The maximum Gasteiger partial charge on any atom is 0.407 e. The number of benzene rings is 1. The SMILES string of the molecule is COC(=O)N[C@H]1CCCC[C@H]1Nc1nc(C)c(C(=O)OC)c(Nc2cccc(C)c2)n1. The first-order valence-corrected chi connectivity index (χ1v) is 10.3. The average Bonchev–Trinajstić information content (AvgIpc) is 2.74. The predicted octanol–water partition coefficient (Wildman–Crippen LogP) is 3.70. The number of esters is 1. The maximum absolute atomic E-state index is 12.4. The summed E-state index contributed by atoms with van der Waals surface area (Å²) in [5.74, 6) is 0.228. The summed E-state index contributed by atoms with van der Waals surface area (Å²) in [6.07, 6.45) is 3.29. The Bertz CT molecular complexity index is 949. The molecule has 0 spiro atoms. The van der Waals surface area contributed by atoms with Gasteiger partial charge in [0.25, 0.3) is 0 Å². The minimum Gasteiger partial charge on any atom is -0.465 e. The van der Waals surface area contributed by atoms with Crippen LogP contribution in [0.15, 0.2) is 24.3 Å². The molecule has 166 valence electrons. The fourth-order valence-corrected chi connectivity index (χ4v) is 3.79. The first kappa shape index (κ1) is 22.3. The van der Waals surface area contributed by atoms with E-state index in [9.17, 15) is 9.59 Å². The van der Waals surface area contributed by atoms with Crippen LogP contribution >= 0.6 is 0 Å². The second-order valence-corrected chi connectivity index (χ2v) is 7.62. The van der Waals surface area contributed by atoms with Gasteiger partial charge < -0.3 is 25.4 Å². The summed E-state index contributed by atoms with van der Waals surface area (Å²) < 4.78 is 9.69. The first-order chi connectivity index (χ1) is 14.9. The summed E-state index contributed by atoms with van der Waals surface area (Å²) in [6.45, 7) is 3.73. The van der Waals surface area contributed by atoms with Crippen LogP contribution in [0.1, 0.15) is 47.3 Å². The highest BCUT2D eigenvalue weighted by atomic mass is 16.5. The van der Waals surface area contributed by atoms with Crippen LogP contribution in [0.2, 0.25) is 0 Å². The van der Waals surface area contributed by atoms with Gasteiger partial charge in [-0.2, -0.15) is 4.98 Å². The van der Waals surface area contributed by atoms with Crippen molar-refractivity contribution in [3.05, 3.63) is 41.1 Å². The number of nitrogens with zero attached hydrogens (tertiary/aromatic N) is 2. The molecule has 0 bridgehead atoms. The lowest BCUT2D eigenvalue weighted by Gasteiger charge is -2.32. The molecule has 2 aromatic rings. The molecular weight excluding hydrogens is 398 g/mol. The van der Waals surface area contributed by atoms with Gasteiger partial charge in [0.05, 0.1) is 26.0 Å². The third-order valence-electron chi connectivity index (χ3n) is 5.33. The Morgan fingerprint density at radius 1 is 1.03 bits per heavy atom. The number of hydrogen-bond acceptors (Lipinski definition) is 8. The van der Waals surface area contributed by atoms with E-state index in [4.69, 9.17) is 9.47 Å². The van der Waals surface area contributed by atoms with Gasteiger partial charge in [0, 0.05) is 11.7 Å². The molecule has 1 amide bonds. The topological polar surface area (TPSA) is 114 Å². The fraction of sp³-hybridized carbons (Fsp3) is 0.455. The fourth-order valence-electron chi connectivity index (χ4n) is 3.79. The molecule has 3 rings (SSSR count). The molecule has 0 unspecified atom stereocenters. The minimum absolute atomic E-state index is 0.0527. The molecule has 1 aliphatic carbocycles. The van der Waals surface area contributed by atoms with Crippen LogP contribution in [0, 0.1) is 13.8 Å². The average molecular weight is 428 g/mol. The highest BCUT2D eigenvalue weighted by Gasteiger charge is 2.28. The van der Waals surface area contributed by atoms with Gasteiger partial charge in [-0.05, 0) is 44.4 Å². The molecule has 9 heteroatoms. The third-order valence-corrected chi connectivity index (χ3v) is 5.33. The number of methoxy groups -OCH3 is 2. The molecule has 1 saturated carbocycles. The van der Waals surface area contributed by atoms with Crippen molar-refractivity contribution >= 4 is 29.5 Å². The largest absolute Gasteiger partial charge is 0.465 e. The van der Waals surface area contributed by atoms with Crippen LogP contribution in [0.5, 0.6) is 0 Å². The van der Waals surface area contributed by atoms with E-state index in [1.54, 1.807) is 6.92 Å². The number of alkyl carbamates (subject to hydrolysis) is 1. The Kier molecular flexibility index (Phi) is 7.28. The number of nitrogens with one attached hydrogen (secondary N) is 3. The molecule has 0 aliphatic heterocycles. The van der Waals surface area contributed by atoms with Gasteiger partial charge in [-0.3, -0.25) is 0 Å². The lowest BCUT2D eigenvalue weighted by Crippen LogP contribution is -2.48. The molecule has 0 saturated heterocycles. The second-order valence-electron chi connectivity index (χ2n) is 7.62. The van der Waals surface area contributed by atoms with Gasteiger partial charge in [-0.15, -0.1) is 0 Å². The molecule has 1 fully saturated rings. The number of anilines is 3. The maximum atomic E-state index is 12.4. The highest BCUT2D eigenvalue weighted by molar-refractivity contribution is 5.96. The Hall–Kier alpha value is -3.36. The summed E-state index contributed by atoms with van der Waals surface area (Å²) in [4.78, 5) is 33.2. The zero-order chi connectivity index (χ0) is 22.4. The lowest BCUT2D eigenvalue weighted by atomic mass is 9.90. The van der Waals surface area contributed by atoms with E-state index in [2.05, 4.69) is 25.9 Å². The Morgan fingerprint density at radius 3 is 2.45 bits per heavy atom. The van der Waals surface area contributed by atoms with Crippen molar-refractivity contribution in [2.24, 2.45) is 0 Å². The summed E-state index contributed by atoms with van der Waals surface area (Å²) in [5.41, 5.74) is 2.65. The molecule has 1 aromatic heterocycles. The summed E-state index contributed by atoms with van der Waals surface area (Å²) in [5, 5.41) is 9.44. The van der Waals surface area contributed by atoms with E-state index in [-0.39, 0.29) is 17.6 Å². The van der Waals surface area contributed by atoms with Crippen LogP contribution in [0.25, 0.3) is 0 Å². The van der Waals surface area contributed by atoms with Gasteiger partial charge in [0.15, 0.2) is 5.82 Å². The highest BCUT2D eigenvalue weighted by Crippen LogP contribution is 2.26. The summed E-state index contributed by atoms with van der Waals surface area (Å²) in [6, 6.07) is 7.62. The molecule has 1 heterocycles. The second kappa shape index (κ2) is 10.1. The first-order valence-electron chi connectivity index (χ1n) is 10.3. The van der Waals surface area contributed by atoms with Gasteiger partial charge in [-0.1, -0.05) is 25.0 Å². The number of aromatic nitrogens is 2. The van der Waals surface area contributed by atoms with Crippen molar-refractivity contribution in [1.82, 2.24) is 15.3 Å². The smallest absolute Gasteiger partial charge is 0.407 e. The Morgan fingerprint density at radius 2 is 1.77 bits per heavy atom. The van der Waals surface area contributed by atoms with Gasteiger partial charge in [0.1, 0.15) is 5.56 Å². The van der Waals surface area contributed by atoms with Gasteiger partial charge >= 0.3 is 12.1 Å². The molecular formula is C22H29N5O4. The monoisotopic (exact) mass is 427 g/mol. The molecule has 0 radical (unpaired) electrons. The number of carbonyl (C=O) groups is 2. The van der Waals surface area contributed by atoms with Gasteiger partial charge in [-0.25, -0.2) is 14.6 Å². The normalized spacial score (nSPS) is 18.1. The Labute approximate surface area is 182 Å². The number of hydrogen-bond donors (Lipinski definition) is 3. The minimum atomic E-state index is -0.512. The van der Waals surface area contributed by atoms with Crippen molar-refractivity contribution in [3.63, 3.8) is 0 Å². The van der Waals surface area contributed by atoms with Crippen molar-refractivity contribution in [2.45, 2.75) is 51.6 Å². The number of rotatable bonds is 6. The van der Waals surface area contributed by atoms with E-state index in [1.165, 1.54) is 14.2 Å². The molecule has 31 heavy (non-hydrogen) atoms. The van der Waals surface area contributed by atoms with Crippen LogP contribution < -0.4 is 16.0 Å². The van der Waals surface area contributed by atoms with Crippen molar-refractivity contribution in [3.8, 4) is 0 Å².